The highest BCUT2D eigenvalue weighted by molar-refractivity contribution is 6.00. The number of carboxylic acid groups (broad SMARTS) is 1. The fraction of sp³-hybridized carbons (Fsp3) is 0.350. The van der Waals surface area contributed by atoms with Gasteiger partial charge in [0.2, 0.25) is 0 Å². The molecule has 2 aromatic heterocycles. The van der Waals surface area contributed by atoms with Gasteiger partial charge in [-0.1, -0.05) is 13.8 Å². The lowest BCUT2D eigenvalue weighted by atomic mass is 9.76. The van der Waals surface area contributed by atoms with E-state index in [0.717, 1.165) is 41.6 Å². The van der Waals surface area contributed by atoms with Gasteiger partial charge in [-0.05, 0) is 48.9 Å². The largest absolute Gasteiger partial charge is 0.480 e. The number of H-pyrrole nitrogens is 2. The summed E-state index contributed by atoms with van der Waals surface area (Å²) in [5.41, 5.74) is 5.95. The Hall–Kier alpha value is -3.09. The maximum Gasteiger partial charge on any atom is 0.322 e. The van der Waals surface area contributed by atoms with Gasteiger partial charge in [0.1, 0.15) is 12.2 Å². The van der Waals surface area contributed by atoms with Crippen LogP contribution in [0.5, 0.6) is 0 Å². The van der Waals surface area contributed by atoms with Crippen molar-refractivity contribution in [2.75, 3.05) is 6.54 Å². The lowest BCUT2D eigenvalue weighted by Gasteiger charge is -2.28. The van der Waals surface area contributed by atoms with Crippen LogP contribution in [0.15, 0.2) is 24.3 Å². The Balaban J connectivity index is 1.64. The molecular formula is C20H22N4O3. The number of nitrogens with zero attached hydrogens (tertiary/aromatic N) is 1. The summed E-state index contributed by atoms with van der Waals surface area (Å²) >= 11 is 0. The number of carbonyl (C=O) groups excluding carboxylic acids is 1. The molecule has 3 aromatic rings. The van der Waals surface area contributed by atoms with Crippen LogP contribution >= 0.6 is 0 Å². The summed E-state index contributed by atoms with van der Waals surface area (Å²) in [6, 6.07) is 7.26. The van der Waals surface area contributed by atoms with Gasteiger partial charge in [-0.15, -0.1) is 0 Å². The molecule has 2 heterocycles. The Kier molecular flexibility index (Phi) is 4.02. The van der Waals surface area contributed by atoms with Crippen LogP contribution in [0.25, 0.3) is 22.3 Å². The number of hydrogen-bond donors (Lipinski definition) is 4. The summed E-state index contributed by atoms with van der Waals surface area (Å²) in [5.74, 6) is -1.47. The maximum atomic E-state index is 12.1. The summed E-state index contributed by atoms with van der Waals surface area (Å²) in [5, 5.41) is 19.7. The van der Waals surface area contributed by atoms with Gasteiger partial charge in [-0.3, -0.25) is 14.7 Å². The first-order chi connectivity index (χ1) is 12.8. The molecule has 1 aliphatic rings. The number of nitrogens with one attached hydrogen (secondary N) is 3. The van der Waals surface area contributed by atoms with E-state index in [2.05, 4.69) is 34.3 Å². The molecule has 27 heavy (non-hydrogen) atoms. The average molecular weight is 366 g/mol. The fourth-order valence-electron chi connectivity index (χ4n) is 3.73. The van der Waals surface area contributed by atoms with Crippen LogP contribution in [0.3, 0.4) is 0 Å². The third-order valence-corrected chi connectivity index (χ3v) is 5.20. The Labute approximate surface area is 156 Å². The van der Waals surface area contributed by atoms with Gasteiger partial charge in [0.25, 0.3) is 5.91 Å². The van der Waals surface area contributed by atoms with E-state index in [1.807, 2.05) is 12.1 Å². The molecule has 0 unspecified atom stereocenters. The van der Waals surface area contributed by atoms with Crippen molar-refractivity contribution in [2.24, 2.45) is 5.41 Å². The summed E-state index contributed by atoms with van der Waals surface area (Å²) in [6.07, 6.45) is 3.11. The van der Waals surface area contributed by atoms with Crippen molar-refractivity contribution in [1.29, 1.82) is 0 Å². The zero-order valence-corrected chi connectivity index (χ0v) is 15.3. The highest BCUT2D eigenvalue weighted by Crippen LogP contribution is 2.38. The number of aromatic nitrogens is 3. The van der Waals surface area contributed by atoms with Crippen molar-refractivity contribution in [3.63, 3.8) is 0 Å². The number of aromatic amines is 2. The van der Waals surface area contributed by atoms with Gasteiger partial charge in [-0.25, -0.2) is 0 Å². The molecule has 4 rings (SSSR count). The van der Waals surface area contributed by atoms with Crippen molar-refractivity contribution in [2.45, 2.75) is 33.1 Å². The van der Waals surface area contributed by atoms with E-state index in [1.165, 1.54) is 11.3 Å². The molecule has 1 aliphatic carbocycles. The number of amides is 1. The zero-order chi connectivity index (χ0) is 19.2. The zero-order valence-electron chi connectivity index (χ0n) is 15.3. The minimum atomic E-state index is -1.07. The smallest absolute Gasteiger partial charge is 0.322 e. The van der Waals surface area contributed by atoms with Crippen LogP contribution in [0.4, 0.5) is 0 Å². The Morgan fingerprint density at radius 1 is 1.30 bits per heavy atom. The Morgan fingerprint density at radius 2 is 2.11 bits per heavy atom. The summed E-state index contributed by atoms with van der Waals surface area (Å²) in [6.45, 7) is 4.15. The second-order valence-corrected chi connectivity index (χ2v) is 7.93. The van der Waals surface area contributed by atoms with Crippen molar-refractivity contribution in [3.8, 4) is 11.4 Å². The minimum Gasteiger partial charge on any atom is -0.480 e. The van der Waals surface area contributed by atoms with Crippen LogP contribution in [0, 0.1) is 5.41 Å². The van der Waals surface area contributed by atoms with Crippen LogP contribution in [0.1, 0.15) is 41.9 Å². The lowest BCUT2D eigenvalue weighted by molar-refractivity contribution is -0.135. The SMILES string of the molecule is CC1(C)CCc2c(-c3cc4cc(C(=O)NCC(=O)O)ccc4[nH]3)n[nH]c2C1. The third kappa shape index (κ3) is 3.32. The van der Waals surface area contributed by atoms with Gasteiger partial charge < -0.3 is 15.4 Å². The van der Waals surface area contributed by atoms with Gasteiger partial charge in [0.05, 0.1) is 5.69 Å². The third-order valence-electron chi connectivity index (χ3n) is 5.20. The van der Waals surface area contributed by atoms with Crippen LogP contribution in [0.2, 0.25) is 0 Å². The minimum absolute atomic E-state index is 0.287. The number of rotatable bonds is 4. The van der Waals surface area contributed by atoms with Crippen LogP contribution < -0.4 is 5.32 Å². The second kappa shape index (κ2) is 6.26. The monoisotopic (exact) mass is 366 g/mol. The predicted molar refractivity (Wildman–Crippen MR) is 102 cm³/mol. The summed E-state index contributed by atoms with van der Waals surface area (Å²) in [4.78, 5) is 26.1. The first kappa shape index (κ1) is 17.3. The standard InChI is InChI=1S/C20H22N4O3/c1-20(2)6-5-13-16(9-20)23-24-18(13)15-8-12-7-11(3-4-14(12)22-15)19(27)21-10-17(25)26/h3-4,7-8,22H,5-6,9-10H2,1-2H3,(H,21,27)(H,23,24)(H,25,26). The highest BCUT2D eigenvalue weighted by Gasteiger charge is 2.29. The number of benzene rings is 1. The van der Waals surface area contributed by atoms with Gasteiger partial charge in [0, 0.05) is 27.7 Å². The van der Waals surface area contributed by atoms with Crippen molar-refractivity contribution < 1.29 is 14.7 Å². The van der Waals surface area contributed by atoms with E-state index < -0.39 is 18.4 Å². The van der Waals surface area contributed by atoms with Crippen molar-refractivity contribution in [1.82, 2.24) is 20.5 Å². The molecule has 0 aliphatic heterocycles. The predicted octanol–water partition coefficient (Wildman–Crippen LogP) is 2.89. The van der Waals surface area contributed by atoms with Gasteiger partial charge in [0.15, 0.2) is 0 Å². The molecule has 4 N–H and O–H groups in total. The van der Waals surface area contributed by atoms with Crippen molar-refractivity contribution in [3.05, 3.63) is 41.1 Å². The molecule has 140 valence electrons. The Bertz CT molecular complexity index is 1040. The fourth-order valence-corrected chi connectivity index (χ4v) is 3.73. The molecule has 0 atom stereocenters. The average Bonchev–Trinajstić information content (AvgIpc) is 3.20. The first-order valence-electron chi connectivity index (χ1n) is 9.02. The van der Waals surface area contributed by atoms with Gasteiger partial charge in [-0.2, -0.15) is 5.10 Å². The molecule has 0 spiro atoms. The highest BCUT2D eigenvalue weighted by atomic mass is 16.4. The van der Waals surface area contributed by atoms with Crippen molar-refractivity contribution >= 4 is 22.8 Å². The molecular weight excluding hydrogens is 344 g/mol. The molecule has 7 nitrogen and oxygen atoms in total. The number of carboxylic acids is 1. The van der Waals surface area contributed by atoms with Gasteiger partial charge >= 0.3 is 5.97 Å². The molecule has 0 bridgehead atoms. The molecule has 0 radical (unpaired) electrons. The van der Waals surface area contributed by atoms with E-state index in [9.17, 15) is 9.59 Å². The van der Waals surface area contributed by atoms with E-state index in [-0.39, 0.29) is 5.41 Å². The molecule has 7 heteroatoms. The Morgan fingerprint density at radius 3 is 2.89 bits per heavy atom. The number of aliphatic carboxylic acids is 1. The second-order valence-electron chi connectivity index (χ2n) is 7.93. The molecule has 0 saturated carbocycles. The maximum absolute atomic E-state index is 12.1. The van der Waals surface area contributed by atoms with E-state index in [1.54, 1.807) is 12.1 Å². The number of hydrogen-bond acceptors (Lipinski definition) is 3. The molecule has 1 amide bonds. The van der Waals surface area contributed by atoms with E-state index >= 15 is 0 Å². The van der Waals surface area contributed by atoms with Crippen LogP contribution in [-0.4, -0.2) is 38.7 Å². The summed E-state index contributed by atoms with van der Waals surface area (Å²) in [7, 11) is 0. The number of carbonyl (C=O) groups is 2. The molecule has 0 saturated heterocycles. The van der Waals surface area contributed by atoms with E-state index in [4.69, 9.17) is 5.11 Å². The van der Waals surface area contributed by atoms with Crippen LogP contribution in [-0.2, 0) is 17.6 Å². The van der Waals surface area contributed by atoms with E-state index in [0.29, 0.717) is 5.56 Å². The quantitative estimate of drug-likeness (QED) is 0.569. The normalized spacial score (nSPS) is 15.5. The molecule has 0 fully saturated rings. The summed E-state index contributed by atoms with van der Waals surface area (Å²) < 4.78 is 0. The lowest BCUT2D eigenvalue weighted by Crippen LogP contribution is -2.29. The number of fused-ring (bicyclic) bond motifs is 2. The first-order valence-corrected chi connectivity index (χ1v) is 9.02. The molecule has 1 aromatic carbocycles. The topological polar surface area (TPSA) is 111 Å².